The second-order valence-corrected chi connectivity index (χ2v) is 2.52. The summed E-state index contributed by atoms with van der Waals surface area (Å²) >= 11 is 0. The van der Waals surface area contributed by atoms with Crippen LogP contribution in [0.15, 0.2) is 30.5 Å². The third-order valence-electron chi connectivity index (χ3n) is 1.80. The number of aryl methyl sites for hydroxylation is 1. The summed E-state index contributed by atoms with van der Waals surface area (Å²) in [7, 11) is 0. The zero-order valence-electron chi connectivity index (χ0n) is 7.04. The minimum atomic E-state index is 1.22. The monoisotopic (exact) mass is 157 g/mol. The van der Waals surface area contributed by atoms with E-state index in [1.165, 1.54) is 16.5 Å². The van der Waals surface area contributed by atoms with Crippen LogP contribution in [0, 0.1) is 19.8 Å². The van der Waals surface area contributed by atoms with Crippen LogP contribution in [0.25, 0.3) is 10.9 Å². The van der Waals surface area contributed by atoms with E-state index >= 15 is 0 Å². The Bertz CT molecular complexity index is 382. The lowest BCUT2D eigenvalue weighted by molar-refractivity contribution is 1.43. The first-order valence-electron chi connectivity index (χ1n) is 3.74. The molecule has 12 heavy (non-hydrogen) atoms. The van der Waals surface area contributed by atoms with Gasteiger partial charge < -0.3 is 4.98 Å². The van der Waals surface area contributed by atoms with Gasteiger partial charge >= 0.3 is 0 Å². The first-order chi connectivity index (χ1) is 5.88. The van der Waals surface area contributed by atoms with Gasteiger partial charge in [-0.1, -0.05) is 18.2 Å². The van der Waals surface area contributed by atoms with E-state index in [0.717, 1.165) is 0 Å². The maximum absolute atomic E-state index is 4.00. The number of aromatic nitrogens is 1. The van der Waals surface area contributed by atoms with Crippen molar-refractivity contribution in [2.75, 3.05) is 0 Å². The van der Waals surface area contributed by atoms with Crippen LogP contribution in [0.4, 0.5) is 0 Å². The number of benzene rings is 1. The quantitative estimate of drug-likeness (QED) is 0.566. The molecule has 1 aromatic heterocycles. The maximum atomic E-state index is 4.00. The fourth-order valence-corrected chi connectivity index (χ4v) is 1.22. The molecule has 1 heterocycles. The van der Waals surface area contributed by atoms with Crippen molar-refractivity contribution in [1.82, 2.24) is 4.98 Å². The van der Waals surface area contributed by atoms with Crippen molar-refractivity contribution >= 4 is 10.9 Å². The van der Waals surface area contributed by atoms with Gasteiger partial charge in [-0.15, -0.1) is 12.8 Å². The molecule has 60 valence electrons. The van der Waals surface area contributed by atoms with Crippen molar-refractivity contribution in [3.63, 3.8) is 0 Å². The van der Waals surface area contributed by atoms with E-state index in [9.17, 15) is 0 Å². The van der Waals surface area contributed by atoms with Gasteiger partial charge in [-0.25, -0.2) is 0 Å². The Morgan fingerprint density at radius 1 is 1.17 bits per heavy atom. The molecule has 1 nitrogen and oxygen atoms in total. The number of para-hydroxylation sites is 1. The van der Waals surface area contributed by atoms with Gasteiger partial charge in [0.15, 0.2) is 0 Å². The van der Waals surface area contributed by atoms with Crippen molar-refractivity contribution in [2.24, 2.45) is 0 Å². The molecule has 0 atom stereocenters. The van der Waals surface area contributed by atoms with Crippen LogP contribution in [0.3, 0.4) is 0 Å². The van der Waals surface area contributed by atoms with Crippen molar-refractivity contribution in [2.45, 2.75) is 6.92 Å². The van der Waals surface area contributed by atoms with E-state index in [1.807, 2.05) is 12.3 Å². The Labute approximate surface area is 72.4 Å². The lowest BCUT2D eigenvalue weighted by Gasteiger charge is -1.86. The first kappa shape index (κ1) is 8.42. The Balaban J connectivity index is 0.000000336. The highest BCUT2D eigenvalue weighted by Gasteiger charge is 1.94. The van der Waals surface area contributed by atoms with E-state index in [1.54, 1.807) is 0 Å². The summed E-state index contributed by atoms with van der Waals surface area (Å²) in [6, 6.07) is 8.31. The predicted octanol–water partition coefficient (Wildman–Crippen LogP) is 2.73. The summed E-state index contributed by atoms with van der Waals surface area (Å²) in [5.41, 5.74) is 2.54. The number of aromatic amines is 1. The van der Waals surface area contributed by atoms with Crippen LogP contribution in [0.5, 0.6) is 0 Å². The van der Waals surface area contributed by atoms with Gasteiger partial charge in [-0.3, -0.25) is 0 Å². The predicted molar refractivity (Wildman–Crippen MR) is 52.9 cm³/mol. The van der Waals surface area contributed by atoms with E-state index in [-0.39, 0.29) is 0 Å². The van der Waals surface area contributed by atoms with Gasteiger partial charge in [0, 0.05) is 17.1 Å². The zero-order chi connectivity index (χ0) is 8.97. The molecule has 0 saturated carbocycles. The lowest BCUT2D eigenvalue weighted by atomic mass is 10.2. The molecule has 0 amide bonds. The van der Waals surface area contributed by atoms with Crippen LogP contribution in [0.2, 0.25) is 0 Å². The summed E-state index contributed by atoms with van der Waals surface area (Å²) in [5, 5.41) is 1.32. The van der Waals surface area contributed by atoms with Gasteiger partial charge in [-0.05, 0) is 18.6 Å². The highest BCUT2D eigenvalue weighted by molar-refractivity contribution is 5.82. The number of fused-ring (bicyclic) bond motifs is 1. The molecule has 0 spiro atoms. The minimum Gasteiger partial charge on any atom is -0.361 e. The summed E-state index contributed by atoms with van der Waals surface area (Å²) < 4.78 is 0. The maximum Gasteiger partial charge on any atom is 0.0456 e. The topological polar surface area (TPSA) is 15.8 Å². The fraction of sp³-hybridized carbons (Fsp3) is 0.0909. The zero-order valence-corrected chi connectivity index (χ0v) is 7.04. The number of rotatable bonds is 0. The van der Waals surface area contributed by atoms with Crippen LogP contribution in [0.1, 0.15) is 5.56 Å². The first-order valence-corrected chi connectivity index (χ1v) is 3.74. The molecule has 1 heteroatoms. The fourth-order valence-electron chi connectivity index (χ4n) is 1.22. The molecule has 0 unspecified atom stereocenters. The lowest BCUT2D eigenvalue weighted by Crippen LogP contribution is -1.64. The summed E-state index contributed by atoms with van der Waals surface area (Å²) in [6.45, 7) is 2.11. The van der Waals surface area contributed by atoms with Crippen molar-refractivity contribution in [3.8, 4) is 12.8 Å². The van der Waals surface area contributed by atoms with E-state index in [4.69, 9.17) is 0 Å². The Morgan fingerprint density at radius 2 is 1.83 bits per heavy atom. The molecule has 0 fully saturated rings. The van der Waals surface area contributed by atoms with Crippen molar-refractivity contribution < 1.29 is 0 Å². The molecule has 0 aliphatic heterocycles. The Kier molecular flexibility index (Phi) is 2.55. The Hall–Kier alpha value is -1.68. The van der Waals surface area contributed by atoms with Crippen LogP contribution in [-0.2, 0) is 0 Å². The van der Waals surface area contributed by atoms with Crippen LogP contribution < -0.4 is 0 Å². The molecule has 1 aromatic carbocycles. The average molecular weight is 157 g/mol. The van der Waals surface area contributed by atoms with Gasteiger partial charge in [0.2, 0.25) is 0 Å². The molecule has 2 rings (SSSR count). The third-order valence-corrected chi connectivity index (χ3v) is 1.80. The Morgan fingerprint density at radius 3 is 2.50 bits per heavy atom. The number of nitrogens with one attached hydrogen (secondary N) is 1. The van der Waals surface area contributed by atoms with Gasteiger partial charge in [-0.2, -0.15) is 0 Å². The minimum absolute atomic E-state index is 1.22. The van der Waals surface area contributed by atoms with Gasteiger partial charge in [0.05, 0.1) is 0 Å². The number of terminal acetylenes is 1. The number of H-pyrrole nitrogens is 1. The standard InChI is InChI=1S/C9H9N.C2H2/c1-7-6-10-9-5-3-2-4-8(7)9;1-2/h2-6,10H,1H3;1-2H. The largest absolute Gasteiger partial charge is 0.361 e. The normalized spacial score (nSPS) is 8.92. The van der Waals surface area contributed by atoms with Crippen LogP contribution >= 0.6 is 0 Å². The average Bonchev–Trinajstić information content (AvgIpc) is 2.53. The highest BCUT2D eigenvalue weighted by Crippen LogP contribution is 2.15. The highest BCUT2D eigenvalue weighted by atomic mass is 14.7. The summed E-state index contributed by atoms with van der Waals surface area (Å²) in [5.74, 6) is 0. The molecule has 0 aliphatic carbocycles. The second-order valence-electron chi connectivity index (χ2n) is 2.52. The molecular weight excluding hydrogens is 146 g/mol. The van der Waals surface area contributed by atoms with Crippen LogP contribution in [-0.4, -0.2) is 4.98 Å². The summed E-state index contributed by atoms with van der Waals surface area (Å²) in [6.07, 6.45) is 10.0. The van der Waals surface area contributed by atoms with Crippen molar-refractivity contribution in [3.05, 3.63) is 36.0 Å². The number of hydrogen-bond acceptors (Lipinski definition) is 0. The SMILES string of the molecule is C#C.Cc1c[nH]c2ccccc12. The van der Waals surface area contributed by atoms with Crippen molar-refractivity contribution in [1.29, 1.82) is 0 Å². The van der Waals surface area contributed by atoms with E-state index in [0.29, 0.717) is 0 Å². The van der Waals surface area contributed by atoms with Gasteiger partial charge in [0.1, 0.15) is 0 Å². The molecule has 1 N–H and O–H groups in total. The molecule has 0 radical (unpaired) electrons. The van der Waals surface area contributed by atoms with E-state index in [2.05, 4.69) is 43.0 Å². The molecular formula is C11H11N. The van der Waals surface area contributed by atoms with E-state index < -0.39 is 0 Å². The molecule has 0 bridgehead atoms. The number of hydrogen-bond donors (Lipinski definition) is 1. The third kappa shape index (κ3) is 1.33. The smallest absolute Gasteiger partial charge is 0.0456 e. The van der Waals surface area contributed by atoms with Gasteiger partial charge in [0.25, 0.3) is 0 Å². The molecule has 2 aromatic rings. The summed E-state index contributed by atoms with van der Waals surface area (Å²) in [4.78, 5) is 3.19. The molecule has 0 saturated heterocycles. The molecule has 0 aliphatic rings. The second kappa shape index (κ2) is 3.64.